The van der Waals surface area contributed by atoms with Gasteiger partial charge in [-0.3, -0.25) is 4.79 Å². The van der Waals surface area contributed by atoms with Crippen molar-refractivity contribution in [1.29, 1.82) is 0 Å². The molecule has 1 amide bonds. The monoisotopic (exact) mass is 366 g/mol. The molecule has 1 atom stereocenters. The fourth-order valence-corrected chi connectivity index (χ4v) is 4.39. The molecule has 26 heavy (non-hydrogen) atoms. The normalized spacial score (nSPS) is 16.9. The molecule has 0 aliphatic carbocycles. The number of furan rings is 1. The predicted molar refractivity (Wildman–Crippen MR) is 103 cm³/mol. The molecule has 1 aliphatic heterocycles. The smallest absolute Gasteiger partial charge is 0.228 e. The van der Waals surface area contributed by atoms with Crippen LogP contribution in [0.15, 0.2) is 58.5 Å². The Morgan fingerprint density at radius 1 is 1.23 bits per heavy atom. The number of amides is 1. The largest absolute Gasteiger partial charge is 0.462 e. The van der Waals surface area contributed by atoms with Crippen molar-refractivity contribution in [2.75, 3.05) is 6.54 Å². The van der Waals surface area contributed by atoms with Crippen LogP contribution in [0.2, 0.25) is 0 Å². The van der Waals surface area contributed by atoms with Gasteiger partial charge in [0, 0.05) is 18.0 Å². The number of thiazole rings is 1. The van der Waals surface area contributed by atoms with Crippen molar-refractivity contribution >= 4 is 17.2 Å². The molecule has 1 fully saturated rings. The third-order valence-corrected chi connectivity index (χ3v) is 5.83. The lowest BCUT2D eigenvalue weighted by Crippen LogP contribution is -2.36. The standard InChI is InChI=1S/C21H22N2O2S/c24-20(14-17-15-26-21(22-17)19-9-5-13-25-19)23-12-4-8-18(23)11-10-16-6-2-1-3-7-16/h1-3,5-7,9,13,15,18H,4,8,10-12,14H2. The fraction of sp³-hybridized carbons (Fsp3) is 0.333. The number of carbonyl (C=O) groups is 1. The molecule has 1 aromatic carbocycles. The maximum atomic E-state index is 12.8. The number of nitrogens with zero attached hydrogens (tertiary/aromatic N) is 2. The van der Waals surface area contributed by atoms with Gasteiger partial charge in [0.1, 0.15) is 0 Å². The van der Waals surface area contributed by atoms with Crippen molar-refractivity contribution in [3.05, 3.63) is 65.4 Å². The van der Waals surface area contributed by atoms with E-state index in [1.807, 2.05) is 23.6 Å². The van der Waals surface area contributed by atoms with Gasteiger partial charge in [0.15, 0.2) is 10.8 Å². The summed E-state index contributed by atoms with van der Waals surface area (Å²) in [5.41, 5.74) is 2.18. The molecule has 134 valence electrons. The first-order valence-electron chi connectivity index (χ1n) is 9.11. The number of likely N-dealkylation sites (tertiary alicyclic amines) is 1. The molecule has 2 aromatic heterocycles. The van der Waals surface area contributed by atoms with Crippen LogP contribution >= 0.6 is 11.3 Å². The molecule has 4 rings (SSSR count). The Bertz CT molecular complexity index is 842. The van der Waals surface area contributed by atoms with E-state index in [0.717, 1.165) is 48.7 Å². The second kappa shape index (κ2) is 7.87. The first kappa shape index (κ1) is 17.0. The Morgan fingerprint density at radius 3 is 2.92 bits per heavy atom. The number of aryl methyl sites for hydroxylation is 1. The SMILES string of the molecule is O=C(Cc1csc(-c2ccco2)n1)N1CCCC1CCc1ccccc1. The summed E-state index contributed by atoms with van der Waals surface area (Å²) in [6.07, 6.45) is 6.27. The van der Waals surface area contributed by atoms with Crippen molar-refractivity contribution < 1.29 is 9.21 Å². The highest BCUT2D eigenvalue weighted by Crippen LogP contribution is 2.26. The maximum absolute atomic E-state index is 12.8. The van der Waals surface area contributed by atoms with Gasteiger partial charge in [-0.2, -0.15) is 0 Å². The summed E-state index contributed by atoms with van der Waals surface area (Å²) in [5.74, 6) is 0.951. The molecule has 3 heterocycles. The summed E-state index contributed by atoms with van der Waals surface area (Å²) in [5, 5.41) is 2.80. The van der Waals surface area contributed by atoms with E-state index in [0.29, 0.717) is 12.5 Å². The third kappa shape index (κ3) is 3.88. The summed E-state index contributed by atoms with van der Waals surface area (Å²) in [6.45, 7) is 0.869. The van der Waals surface area contributed by atoms with Gasteiger partial charge in [-0.05, 0) is 43.4 Å². The summed E-state index contributed by atoms with van der Waals surface area (Å²) < 4.78 is 5.38. The zero-order chi connectivity index (χ0) is 17.8. The minimum atomic E-state index is 0.192. The van der Waals surface area contributed by atoms with Gasteiger partial charge in [-0.25, -0.2) is 4.98 Å². The Morgan fingerprint density at radius 2 is 2.12 bits per heavy atom. The van der Waals surface area contributed by atoms with Gasteiger partial charge >= 0.3 is 0 Å². The van der Waals surface area contributed by atoms with Gasteiger partial charge in [0.25, 0.3) is 0 Å². The van der Waals surface area contributed by atoms with Crippen molar-refractivity contribution in [3.63, 3.8) is 0 Å². The number of aromatic nitrogens is 1. The molecule has 1 aliphatic rings. The van der Waals surface area contributed by atoms with Gasteiger partial charge in [-0.1, -0.05) is 30.3 Å². The van der Waals surface area contributed by atoms with Gasteiger partial charge in [0.2, 0.25) is 5.91 Å². The molecule has 1 saturated heterocycles. The highest BCUT2D eigenvalue weighted by molar-refractivity contribution is 7.13. The third-order valence-electron chi connectivity index (χ3n) is 4.92. The summed E-state index contributed by atoms with van der Waals surface area (Å²) >= 11 is 1.52. The highest BCUT2D eigenvalue weighted by atomic mass is 32.1. The van der Waals surface area contributed by atoms with Crippen LogP contribution in [-0.2, 0) is 17.6 Å². The second-order valence-corrected chi connectivity index (χ2v) is 7.56. The van der Waals surface area contributed by atoms with E-state index in [4.69, 9.17) is 4.42 Å². The van der Waals surface area contributed by atoms with Crippen molar-refractivity contribution in [3.8, 4) is 10.8 Å². The minimum Gasteiger partial charge on any atom is -0.462 e. The summed E-state index contributed by atoms with van der Waals surface area (Å²) in [6, 6.07) is 14.6. The number of hydrogen-bond donors (Lipinski definition) is 0. The average molecular weight is 366 g/mol. The lowest BCUT2D eigenvalue weighted by molar-refractivity contribution is -0.131. The van der Waals surface area contributed by atoms with Crippen LogP contribution in [0.5, 0.6) is 0 Å². The van der Waals surface area contributed by atoms with Crippen LogP contribution in [0.3, 0.4) is 0 Å². The van der Waals surface area contributed by atoms with Crippen LogP contribution in [0, 0.1) is 0 Å². The van der Waals surface area contributed by atoms with E-state index in [1.165, 1.54) is 16.9 Å². The first-order chi connectivity index (χ1) is 12.8. The van der Waals surface area contributed by atoms with Crippen molar-refractivity contribution in [1.82, 2.24) is 9.88 Å². The lowest BCUT2D eigenvalue weighted by atomic mass is 10.0. The fourth-order valence-electron chi connectivity index (χ4n) is 3.60. The highest BCUT2D eigenvalue weighted by Gasteiger charge is 2.28. The lowest BCUT2D eigenvalue weighted by Gasteiger charge is -2.24. The molecule has 0 spiro atoms. The van der Waals surface area contributed by atoms with Crippen molar-refractivity contribution in [2.24, 2.45) is 0 Å². The van der Waals surface area contributed by atoms with Gasteiger partial charge < -0.3 is 9.32 Å². The molecule has 0 bridgehead atoms. The maximum Gasteiger partial charge on any atom is 0.228 e. The molecular formula is C21H22N2O2S. The van der Waals surface area contributed by atoms with E-state index >= 15 is 0 Å². The van der Waals surface area contributed by atoms with Gasteiger partial charge in [-0.15, -0.1) is 11.3 Å². The minimum absolute atomic E-state index is 0.192. The average Bonchev–Trinajstić information content (AvgIpc) is 3.41. The quantitative estimate of drug-likeness (QED) is 0.642. The van der Waals surface area contributed by atoms with Gasteiger partial charge in [0.05, 0.1) is 18.4 Å². The molecular weight excluding hydrogens is 344 g/mol. The first-order valence-corrected chi connectivity index (χ1v) is 9.99. The molecule has 5 heteroatoms. The Hall–Kier alpha value is -2.40. The van der Waals surface area contributed by atoms with E-state index in [2.05, 4.69) is 34.1 Å². The Kier molecular flexibility index (Phi) is 5.16. The molecule has 4 nitrogen and oxygen atoms in total. The number of benzene rings is 1. The molecule has 1 unspecified atom stereocenters. The van der Waals surface area contributed by atoms with E-state index in [-0.39, 0.29) is 5.91 Å². The van der Waals surface area contributed by atoms with Crippen LogP contribution in [-0.4, -0.2) is 28.4 Å². The van der Waals surface area contributed by atoms with E-state index in [9.17, 15) is 4.79 Å². The number of hydrogen-bond acceptors (Lipinski definition) is 4. The van der Waals surface area contributed by atoms with Crippen LogP contribution < -0.4 is 0 Å². The van der Waals surface area contributed by atoms with E-state index in [1.54, 1.807) is 6.26 Å². The second-order valence-electron chi connectivity index (χ2n) is 6.71. The molecule has 0 radical (unpaired) electrons. The van der Waals surface area contributed by atoms with Crippen molar-refractivity contribution in [2.45, 2.75) is 38.1 Å². The zero-order valence-corrected chi connectivity index (χ0v) is 15.5. The number of rotatable bonds is 6. The van der Waals surface area contributed by atoms with Crippen LogP contribution in [0.1, 0.15) is 30.5 Å². The van der Waals surface area contributed by atoms with E-state index < -0.39 is 0 Å². The van der Waals surface area contributed by atoms with Crippen LogP contribution in [0.25, 0.3) is 10.8 Å². The molecule has 3 aromatic rings. The Balaban J connectivity index is 1.36. The zero-order valence-electron chi connectivity index (χ0n) is 14.6. The Labute approximate surface area is 157 Å². The van der Waals surface area contributed by atoms with Crippen LogP contribution in [0.4, 0.5) is 0 Å². The summed E-state index contributed by atoms with van der Waals surface area (Å²) in [7, 11) is 0. The summed E-state index contributed by atoms with van der Waals surface area (Å²) in [4.78, 5) is 19.4. The topological polar surface area (TPSA) is 46.3 Å². The molecule has 0 saturated carbocycles. The number of carbonyl (C=O) groups excluding carboxylic acids is 1. The predicted octanol–water partition coefficient (Wildman–Crippen LogP) is 4.57. The molecule has 0 N–H and O–H groups in total.